The normalized spacial score (nSPS) is 18.8. The molecule has 160 valence electrons. The van der Waals surface area contributed by atoms with Crippen molar-refractivity contribution in [2.75, 3.05) is 31.6 Å². The zero-order valence-electron chi connectivity index (χ0n) is 17.5. The van der Waals surface area contributed by atoms with Crippen molar-refractivity contribution in [3.05, 3.63) is 59.1 Å². The molecule has 1 saturated heterocycles. The first-order chi connectivity index (χ1) is 14.7. The number of carbonyl (C=O) groups excluding carboxylic acids is 1. The number of piperidine rings is 1. The van der Waals surface area contributed by atoms with Crippen molar-refractivity contribution < 1.29 is 9.53 Å². The number of likely N-dealkylation sites (tertiary alicyclic amines) is 1. The minimum atomic E-state index is -0.464. The standard InChI is InChI=1S/C25H31ClN2O2/c26-21-8-6-20(7-9-21)25(14-2-3-15-25)24(29)27-22-10-12-23(13-11-22)30-19-18-28-16-4-1-5-17-28/h6-13H,1-5,14-19H2,(H,27,29). The van der Waals surface area contributed by atoms with E-state index >= 15 is 0 Å². The molecule has 0 radical (unpaired) electrons. The van der Waals surface area contributed by atoms with Gasteiger partial charge in [0.1, 0.15) is 12.4 Å². The summed E-state index contributed by atoms with van der Waals surface area (Å²) in [4.78, 5) is 15.7. The first kappa shape index (κ1) is 21.2. The minimum Gasteiger partial charge on any atom is -0.492 e. The first-order valence-electron chi connectivity index (χ1n) is 11.2. The van der Waals surface area contributed by atoms with E-state index in [1.54, 1.807) is 0 Å². The van der Waals surface area contributed by atoms with E-state index in [1.807, 2.05) is 48.5 Å². The monoisotopic (exact) mass is 426 g/mol. The lowest BCUT2D eigenvalue weighted by Crippen LogP contribution is -2.37. The van der Waals surface area contributed by atoms with E-state index in [-0.39, 0.29) is 5.91 Å². The van der Waals surface area contributed by atoms with Crippen LogP contribution in [-0.2, 0) is 10.2 Å². The van der Waals surface area contributed by atoms with Crippen molar-refractivity contribution in [3.63, 3.8) is 0 Å². The van der Waals surface area contributed by atoms with Gasteiger partial charge in [-0.25, -0.2) is 0 Å². The number of ether oxygens (including phenoxy) is 1. The molecule has 1 aliphatic heterocycles. The molecule has 0 bridgehead atoms. The van der Waals surface area contributed by atoms with Gasteiger partial charge in [-0.3, -0.25) is 9.69 Å². The Bertz CT molecular complexity index is 823. The molecule has 1 N–H and O–H groups in total. The number of nitrogens with zero attached hydrogens (tertiary/aromatic N) is 1. The fourth-order valence-corrected chi connectivity index (χ4v) is 4.88. The van der Waals surface area contributed by atoms with Gasteiger partial charge in [-0.2, -0.15) is 0 Å². The molecule has 0 spiro atoms. The fourth-order valence-electron chi connectivity index (χ4n) is 4.76. The molecule has 2 aromatic rings. The second kappa shape index (κ2) is 9.84. The largest absolute Gasteiger partial charge is 0.492 e. The minimum absolute atomic E-state index is 0.0705. The van der Waals surface area contributed by atoms with Crippen LogP contribution in [0.4, 0.5) is 5.69 Å². The molecule has 1 aliphatic carbocycles. The van der Waals surface area contributed by atoms with E-state index < -0.39 is 5.41 Å². The number of hydrogen-bond acceptors (Lipinski definition) is 3. The van der Waals surface area contributed by atoms with E-state index in [0.29, 0.717) is 11.6 Å². The number of amides is 1. The van der Waals surface area contributed by atoms with Gasteiger partial charge in [0.2, 0.25) is 5.91 Å². The van der Waals surface area contributed by atoms with Crippen LogP contribution in [-0.4, -0.2) is 37.0 Å². The highest BCUT2D eigenvalue weighted by atomic mass is 35.5. The molecule has 1 saturated carbocycles. The zero-order valence-corrected chi connectivity index (χ0v) is 18.3. The van der Waals surface area contributed by atoms with E-state index in [2.05, 4.69) is 10.2 Å². The number of hydrogen-bond donors (Lipinski definition) is 1. The Morgan fingerprint density at radius 3 is 2.27 bits per heavy atom. The molecule has 4 rings (SSSR count). The SMILES string of the molecule is O=C(Nc1ccc(OCCN2CCCCC2)cc1)C1(c2ccc(Cl)cc2)CCCC1. The van der Waals surface area contributed by atoms with Crippen LogP contribution in [0.25, 0.3) is 0 Å². The lowest BCUT2D eigenvalue weighted by molar-refractivity contribution is -0.121. The Hall–Kier alpha value is -2.04. The summed E-state index contributed by atoms with van der Waals surface area (Å²) >= 11 is 6.05. The second-order valence-electron chi connectivity index (χ2n) is 8.53. The van der Waals surface area contributed by atoms with Gasteiger partial charge in [0.25, 0.3) is 0 Å². The third-order valence-corrected chi connectivity index (χ3v) is 6.78. The molecule has 2 fully saturated rings. The van der Waals surface area contributed by atoms with Crippen LogP contribution in [0, 0.1) is 0 Å². The van der Waals surface area contributed by atoms with Gasteiger partial charge in [0.15, 0.2) is 0 Å². The molecular weight excluding hydrogens is 396 g/mol. The maximum Gasteiger partial charge on any atom is 0.235 e. The molecule has 0 unspecified atom stereocenters. The molecule has 30 heavy (non-hydrogen) atoms. The summed E-state index contributed by atoms with van der Waals surface area (Å²) in [5, 5.41) is 3.83. The van der Waals surface area contributed by atoms with Crippen molar-refractivity contribution in [2.45, 2.75) is 50.4 Å². The van der Waals surface area contributed by atoms with Gasteiger partial charge in [-0.05, 0) is 80.7 Å². The van der Waals surface area contributed by atoms with Gasteiger partial charge in [-0.1, -0.05) is 43.0 Å². The summed E-state index contributed by atoms with van der Waals surface area (Å²) in [5.74, 6) is 0.916. The van der Waals surface area contributed by atoms with Crippen LogP contribution in [0.3, 0.4) is 0 Å². The summed E-state index contributed by atoms with van der Waals surface area (Å²) in [6.45, 7) is 4.04. The van der Waals surface area contributed by atoms with Crippen LogP contribution in [0.1, 0.15) is 50.5 Å². The number of anilines is 1. The van der Waals surface area contributed by atoms with Crippen LogP contribution in [0.15, 0.2) is 48.5 Å². The average Bonchev–Trinajstić information content (AvgIpc) is 3.28. The second-order valence-corrected chi connectivity index (χ2v) is 8.96. The summed E-state index contributed by atoms with van der Waals surface area (Å²) in [7, 11) is 0. The van der Waals surface area contributed by atoms with Crippen molar-refractivity contribution in [1.29, 1.82) is 0 Å². The third kappa shape index (κ3) is 4.98. The van der Waals surface area contributed by atoms with E-state index in [9.17, 15) is 4.79 Å². The average molecular weight is 427 g/mol. The van der Waals surface area contributed by atoms with Crippen molar-refractivity contribution in [3.8, 4) is 5.75 Å². The fraction of sp³-hybridized carbons (Fsp3) is 0.480. The number of rotatable bonds is 7. The Balaban J connectivity index is 1.34. The molecule has 0 aromatic heterocycles. The molecule has 1 amide bonds. The lowest BCUT2D eigenvalue weighted by Gasteiger charge is -2.28. The van der Waals surface area contributed by atoms with Crippen LogP contribution in [0.2, 0.25) is 5.02 Å². The molecule has 2 aliphatic rings. The smallest absolute Gasteiger partial charge is 0.235 e. The molecule has 5 heteroatoms. The van der Waals surface area contributed by atoms with Crippen LogP contribution in [0.5, 0.6) is 5.75 Å². The number of benzene rings is 2. The van der Waals surface area contributed by atoms with Gasteiger partial charge < -0.3 is 10.1 Å². The van der Waals surface area contributed by atoms with Gasteiger partial charge >= 0.3 is 0 Å². The lowest BCUT2D eigenvalue weighted by atomic mass is 9.78. The molecule has 2 aromatic carbocycles. The Labute approximate surface area is 184 Å². The Morgan fingerprint density at radius 1 is 0.933 bits per heavy atom. The third-order valence-electron chi connectivity index (χ3n) is 6.53. The highest BCUT2D eigenvalue weighted by molar-refractivity contribution is 6.30. The van der Waals surface area contributed by atoms with Gasteiger partial charge in [0, 0.05) is 17.3 Å². The summed E-state index contributed by atoms with van der Waals surface area (Å²) < 4.78 is 5.90. The van der Waals surface area contributed by atoms with E-state index in [1.165, 1.54) is 32.4 Å². The summed E-state index contributed by atoms with van der Waals surface area (Å²) in [5.41, 5.74) is 1.40. The van der Waals surface area contributed by atoms with Crippen molar-refractivity contribution in [1.82, 2.24) is 4.90 Å². The molecule has 0 atom stereocenters. The van der Waals surface area contributed by atoms with E-state index in [4.69, 9.17) is 16.3 Å². The highest BCUT2D eigenvalue weighted by Crippen LogP contribution is 2.42. The number of carbonyl (C=O) groups is 1. The molecular formula is C25H31ClN2O2. The van der Waals surface area contributed by atoms with E-state index in [0.717, 1.165) is 49.2 Å². The maximum absolute atomic E-state index is 13.3. The zero-order chi connectivity index (χ0) is 20.8. The molecule has 4 nitrogen and oxygen atoms in total. The number of nitrogens with one attached hydrogen (secondary N) is 1. The van der Waals surface area contributed by atoms with Crippen molar-refractivity contribution >= 4 is 23.2 Å². The van der Waals surface area contributed by atoms with Crippen LogP contribution >= 0.6 is 11.6 Å². The highest BCUT2D eigenvalue weighted by Gasteiger charge is 2.42. The topological polar surface area (TPSA) is 41.6 Å². The first-order valence-corrected chi connectivity index (χ1v) is 11.6. The summed E-state index contributed by atoms with van der Waals surface area (Å²) in [6.07, 6.45) is 7.83. The maximum atomic E-state index is 13.3. The Kier molecular flexibility index (Phi) is 6.96. The van der Waals surface area contributed by atoms with Crippen LogP contribution < -0.4 is 10.1 Å². The van der Waals surface area contributed by atoms with Gasteiger partial charge in [0.05, 0.1) is 5.41 Å². The predicted octanol–water partition coefficient (Wildman–Crippen LogP) is 5.66. The number of halogens is 1. The predicted molar refractivity (Wildman–Crippen MR) is 122 cm³/mol. The quantitative estimate of drug-likeness (QED) is 0.621. The molecule has 1 heterocycles. The Morgan fingerprint density at radius 2 is 1.60 bits per heavy atom. The van der Waals surface area contributed by atoms with Gasteiger partial charge in [-0.15, -0.1) is 0 Å². The summed E-state index contributed by atoms with van der Waals surface area (Å²) in [6, 6.07) is 15.5. The van der Waals surface area contributed by atoms with Crippen molar-refractivity contribution in [2.24, 2.45) is 0 Å².